The van der Waals surface area contributed by atoms with E-state index in [1.54, 1.807) is 41.5 Å². The third kappa shape index (κ3) is 6.36. The average molecular weight is 414 g/mol. The quantitative estimate of drug-likeness (QED) is 0.383. The van der Waals surface area contributed by atoms with Crippen molar-refractivity contribution in [2.45, 2.75) is 84.3 Å². The van der Waals surface area contributed by atoms with Crippen LogP contribution in [0.15, 0.2) is 11.8 Å². The van der Waals surface area contributed by atoms with Gasteiger partial charge in [-0.25, -0.2) is 14.4 Å². The zero-order valence-electron chi connectivity index (χ0n) is 18.8. The van der Waals surface area contributed by atoms with Crippen molar-refractivity contribution in [3.63, 3.8) is 0 Å². The van der Waals surface area contributed by atoms with E-state index in [-0.39, 0.29) is 12.3 Å². The van der Waals surface area contributed by atoms with Gasteiger partial charge in [0.25, 0.3) is 0 Å². The molecule has 1 aliphatic rings. The maximum absolute atomic E-state index is 12.9. The number of carbonyl (C=O) groups is 3. The molecule has 0 aromatic carbocycles. The standard InChI is InChI=1S/C20H35NO6Si/c1-18(2,3)26-16(23)21(17(24)27-19(4,5)6)20(15(22)25-7)13-14(20)11-12-28(8,9)10/h11-12,14H,13H2,1-10H3. The van der Waals surface area contributed by atoms with Crippen molar-refractivity contribution in [1.29, 1.82) is 0 Å². The molecule has 8 heteroatoms. The number of carbonyl (C=O) groups excluding carboxylic acids is 3. The summed E-state index contributed by atoms with van der Waals surface area (Å²) in [5, 5.41) is 0. The first-order valence-electron chi connectivity index (χ1n) is 9.47. The van der Waals surface area contributed by atoms with E-state index in [2.05, 4.69) is 25.3 Å². The van der Waals surface area contributed by atoms with Crippen molar-refractivity contribution >= 4 is 26.2 Å². The molecule has 0 saturated heterocycles. The molecule has 1 rings (SSSR count). The van der Waals surface area contributed by atoms with Gasteiger partial charge < -0.3 is 14.2 Å². The van der Waals surface area contributed by atoms with Crippen LogP contribution in [0.25, 0.3) is 0 Å². The van der Waals surface area contributed by atoms with Gasteiger partial charge in [-0.15, -0.1) is 0 Å². The Morgan fingerprint density at radius 3 is 1.71 bits per heavy atom. The first-order valence-corrected chi connectivity index (χ1v) is 13.0. The third-order valence-electron chi connectivity index (χ3n) is 3.90. The fourth-order valence-electron chi connectivity index (χ4n) is 2.68. The number of ether oxygens (including phenoxy) is 3. The second kappa shape index (κ2) is 7.89. The molecule has 0 bridgehead atoms. The number of hydrogen-bond donors (Lipinski definition) is 0. The number of hydrogen-bond acceptors (Lipinski definition) is 6. The van der Waals surface area contributed by atoms with Crippen molar-refractivity contribution in [3.05, 3.63) is 11.8 Å². The van der Waals surface area contributed by atoms with Crippen LogP contribution in [0.2, 0.25) is 19.6 Å². The van der Waals surface area contributed by atoms with Crippen LogP contribution in [0.3, 0.4) is 0 Å². The lowest BCUT2D eigenvalue weighted by Gasteiger charge is -2.32. The highest BCUT2D eigenvalue weighted by Crippen LogP contribution is 2.51. The zero-order chi connectivity index (χ0) is 22.1. The minimum Gasteiger partial charge on any atom is -0.467 e. The lowest BCUT2D eigenvalue weighted by atomic mass is 10.1. The highest BCUT2D eigenvalue weighted by atomic mass is 28.3. The number of rotatable bonds is 4. The number of amides is 2. The highest BCUT2D eigenvalue weighted by molar-refractivity contribution is 6.80. The second-order valence-corrected chi connectivity index (χ2v) is 15.3. The van der Waals surface area contributed by atoms with Gasteiger partial charge >= 0.3 is 18.2 Å². The summed E-state index contributed by atoms with van der Waals surface area (Å²) in [5.41, 5.74) is -1.04. The summed E-state index contributed by atoms with van der Waals surface area (Å²) in [6.45, 7) is 16.6. The highest BCUT2D eigenvalue weighted by Gasteiger charge is 2.69. The van der Waals surface area contributed by atoms with Gasteiger partial charge in [0.05, 0.1) is 15.2 Å². The van der Waals surface area contributed by atoms with E-state index in [4.69, 9.17) is 14.2 Å². The molecule has 0 spiro atoms. The molecule has 2 unspecified atom stereocenters. The number of esters is 1. The van der Waals surface area contributed by atoms with Crippen LogP contribution in [-0.4, -0.2) is 55.0 Å². The van der Waals surface area contributed by atoms with Gasteiger partial charge in [-0.3, -0.25) is 0 Å². The molecule has 0 aromatic rings. The number of imide groups is 1. The Balaban J connectivity index is 3.37. The molecule has 7 nitrogen and oxygen atoms in total. The third-order valence-corrected chi connectivity index (χ3v) is 5.10. The van der Waals surface area contributed by atoms with Gasteiger partial charge in [0, 0.05) is 5.92 Å². The van der Waals surface area contributed by atoms with Crippen LogP contribution in [0.4, 0.5) is 9.59 Å². The van der Waals surface area contributed by atoms with Crippen LogP contribution in [0, 0.1) is 5.92 Å². The summed E-state index contributed by atoms with van der Waals surface area (Å²) >= 11 is 0. The Labute approximate surface area is 169 Å². The molecule has 2 atom stereocenters. The second-order valence-electron chi connectivity index (χ2n) is 10.2. The minimum atomic E-state index is -1.54. The molecule has 2 amide bonds. The van der Waals surface area contributed by atoms with Crippen LogP contribution in [-0.2, 0) is 19.0 Å². The Bertz CT molecular complexity index is 625. The molecule has 0 heterocycles. The SMILES string of the molecule is COC(=O)C1(N(C(=O)OC(C)(C)C)C(=O)OC(C)(C)C)CC1C=C[Si](C)(C)C. The van der Waals surface area contributed by atoms with Crippen molar-refractivity contribution in [3.8, 4) is 0 Å². The molecule has 1 fully saturated rings. The smallest absolute Gasteiger partial charge is 0.420 e. The normalized spacial score (nSPS) is 22.6. The van der Waals surface area contributed by atoms with E-state index < -0.39 is 43.0 Å². The monoisotopic (exact) mass is 413 g/mol. The predicted molar refractivity (Wildman–Crippen MR) is 110 cm³/mol. The molecule has 1 saturated carbocycles. The van der Waals surface area contributed by atoms with Crippen LogP contribution in [0.1, 0.15) is 48.0 Å². The lowest BCUT2D eigenvalue weighted by molar-refractivity contribution is -0.149. The molecule has 0 radical (unpaired) electrons. The summed E-state index contributed by atoms with van der Waals surface area (Å²) in [7, 11) is -0.296. The number of nitrogens with zero attached hydrogens (tertiary/aromatic N) is 1. The Kier molecular flexibility index (Phi) is 6.82. The Morgan fingerprint density at radius 2 is 1.39 bits per heavy atom. The summed E-state index contributed by atoms with van der Waals surface area (Å²) < 4.78 is 15.8. The summed E-state index contributed by atoms with van der Waals surface area (Å²) in [5.74, 6) is -0.999. The fourth-order valence-corrected chi connectivity index (χ4v) is 3.49. The molecular weight excluding hydrogens is 378 g/mol. The maximum Gasteiger partial charge on any atom is 0.420 e. The van der Waals surface area contributed by atoms with E-state index in [9.17, 15) is 14.4 Å². The van der Waals surface area contributed by atoms with Crippen molar-refractivity contribution < 1.29 is 28.6 Å². The summed E-state index contributed by atoms with van der Waals surface area (Å²) in [6.07, 6.45) is 0.344. The Morgan fingerprint density at radius 1 is 0.964 bits per heavy atom. The zero-order valence-corrected chi connectivity index (χ0v) is 19.8. The molecule has 0 aliphatic heterocycles. The maximum atomic E-state index is 12.9. The summed E-state index contributed by atoms with van der Waals surface area (Å²) in [6, 6.07) is 0. The minimum absolute atomic E-state index is 0.277. The summed E-state index contributed by atoms with van der Waals surface area (Å²) in [4.78, 5) is 39.3. The van der Waals surface area contributed by atoms with E-state index >= 15 is 0 Å². The van der Waals surface area contributed by atoms with E-state index in [1.807, 2.05) is 6.08 Å². The van der Waals surface area contributed by atoms with Gasteiger partial charge in [0.2, 0.25) is 0 Å². The van der Waals surface area contributed by atoms with Crippen molar-refractivity contribution in [2.75, 3.05) is 7.11 Å². The van der Waals surface area contributed by atoms with Crippen LogP contribution in [0.5, 0.6) is 0 Å². The lowest BCUT2D eigenvalue weighted by Crippen LogP contribution is -2.55. The molecule has 0 N–H and O–H groups in total. The van der Waals surface area contributed by atoms with Crippen LogP contribution < -0.4 is 0 Å². The van der Waals surface area contributed by atoms with Gasteiger partial charge in [0.15, 0.2) is 5.54 Å². The topological polar surface area (TPSA) is 82.1 Å². The van der Waals surface area contributed by atoms with Crippen molar-refractivity contribution in [2.24, 2.45) is 5.92 Å². The van der Waals surface area contributed by atoms with Gasteiger partial charge in [-0.05, 0) is 48.0 Å². The van der Waals surface area contributed by atoms with E-state index in [0.717, 1.165) is 4.90 Å². The number of methoxy groups -OCH3 is 1. The largest absolute Gasteiger partial charge is 0.467 e. The van der Waals surface area contributed by atoms with Gasteiger partial charge in [-0.2, -0.15) is 4.90 Å². The molecule has 0 aromatic heterocycles. The first kappa shape index (κ1) is 24.2. The van der Waals surface area contributed by atoms with Gasteiger partial charge in [-0.1, -0.05) is 31.4 Å². The Hall–Kier alpha value is -1.83. The van der Waals surface area contributed by atoms with Crippen LogP contribution >= 0.6 is 0 Å². The molecule has 1 aliphatic carbocycles. The predicted octanol–water partition coefficient (Wildman–Crippen LogP) is 4.52. The molecule has 28 heavy (non-hydrogen) atoms. The van der Waals surface area contributed by atoms with E-state index in [0.29, 0.717) is 0 Å². The average Bonchev–Trinajstić information content (AvgIpc) is 3.15. The molecule has 160 valence electrons. The van der Waals surface area contributed by atoms with Gasteiger partial charge in [0.1, 0.15) is 11.2 Å². The fraction of sp³-hybridized carbons (Fsp3) is 0.750. The van der Waals surface area contributed by atoms with Crippen molar-refractivity contribution in [1.82, 2.24) is 4.90 Å². The van der Waals surface area contributed by atoms with E-state index in [1.165, 1.54) is 7.11 Å². The first-order chi connectivity index (χ1) is 12.4. The molecular formula is C20H35NO6Si.